The Morgan fingerprint density at radius 3 is 2.70 bits per heavy atom. The van der Waals surface area contributed by atoms with Crippen LogP contribution < -0.4 is 10.2 Å². The van der Waals surface area contributed by atoms with Gasteiger partial charge in [0.1, 0.15) is 5.82 Å². The third-order valence-corrected chi connectivity index (χ3v) is 7.93. The summed E-state index contributed by atoms with van der Waals surface area (Å²) in [6, 6.07) is 14.6. The fourth-order valence-electron chi connectivity index (χ4n) is 5.24. The second kappa shape index (κ2) is 9.23. The lowest BCUT2D eigenvalue weighted by Crippen LogP contribution is -2.56. The highest BCUT2D eigenvalue weighted by Gasteiger charge is 2.41. The SMILES string of the molecule is Cc1nc(-c2cccs2)cc([C@H]2CN3CC[C@H]2C[C@@H]3CNC(=O)c2ccc(N(C)C)cc2)n1. The van der Waals surface area contributed by atoms with E-state index >= 15 is 0 Å². The average molecular weight is 462 g/mol. The van der Waals surface area contributed by atoms with Crippen LogP contribution in [0.25, 0.3) is 10.6 Å². The molecule has 172 valence electrons. The predicted octanol–water partition coefficient (Wildman–Crippen LogP) is 4.19. The molecule has 2 aromatic heterocycles. The van der Waals surface area contributed by atoms with E-state index in [9.17, 15) is 4.79 Å². The summed E-state index contributed by atoms with van der Waals surface area (Å²) >= 11 is 1.72. The number of hydrogen-bond donors (Lipinski definition) is 1. The molecule has 3 aliphatic rings. The molecule has 33 heavy (non-hydrogen) atoms. The number of amides is 1. The van der Waals surface area contributed by atoms with Gasteiger partial charge in [-0.15, -0.1) is 11.3 Å². The number of nitrogens with one attached hydrogen (secondary N) is 1. The molecule has 1 amide bonds. The number of anilines is 1. The van der Waals surface area contributed by atoms with Gasteiger partial charge in [0.05, 0.1) is 10.6 Å². The molecule has 6 nitrogen and oxygen atoms in total. The minimum Gasteiger partial charge on any atom is -0.378 e. The van der Waals surface area contributed by atoms with Crippen molar-refractivity contribution in [2.45, 2.75) is 31.7 Å². The number of fused-ring (bicyclic) bond motifs is 3. The highest BCUT2D eigenvalue weighted by Crippen LogP contribution is 2.41. The Morgan fingerprint density at radius 1 is 1.21 bits per heavy atom. The van der Waals surface area contributed by atoms with E-state index in [1.165, 1.54) is 17.0 Å². The van der Waals surface area contributed by atoms with E-state index in [0.29, 0.717) is 30.0 Å². The zero-order valence-corrected chi connectivity index (χ0v) is 20.3. The van der Waals surface area contributed by atoms with Crippen molar-refractivity contribution in [2.24, 2.45) is 5.92 Å². The summed E-state index contributed by atoms with van der Waals surface area (Å²) in [6.45, 7) is 4.79. The first-order valence-electron chi connectivity index (χ1n) is 11.7. The molecule has 4 atom stereocenters. The van der Waals surface area contributed by atoms with Crippen LogP contribution in [0.15, 0.2) is 47.8 Å². The lowest BCUT2D eigenvalue weighted by molar-refractivity contribution is 0.0290. The van der Waals surface area contributed by atoms with E-state index in [4.69, 9.17) is 4.98 Å². The number of aryl methyl sites for hydroxylation is 1. The standard InChI is InChI=1S/C26H31N5OS/c1-17-28-23(14-24(29-17)25-5-4-12-33-25)22-16-31-11-10-19(22)13-21(31)15-27-26(32)18-6-8-20(9-7-18)30(2)3/h4-9,12,14,19,21-22H,10-11,13,15-16H2,1-3H3,(H,27,32)/t19-,21+,22-/m0/s1. The smallest absolute Gasteiger partial charge is 0.251 e. The van der Waals surface area contributed by atoms with Crippen LogP contribution >= 0.6 is 11.3 Å². The number of carbonyl (C=O) groups is 1. The molecule has 1 N–H and O–H groups in total. The van der Waals surface area contributed by atoms with Crippen molar-refractivity contribution >= 4 is 22.9 Å². The summed E-state index contributed by atoms with van der Waals surface area (Å²) in [6.07, 6.45) is 2.29. The first kappa shape index (κ1) is 22.0. The molecular formula is C26H31N5OS. The van der Waals surface area contributed by atoms with Gasteiger partial charge in [0.15, 0.2) is 0 Å². The van der Waals surface area contributed by atoms with Crippen molar-refractivity contribution in [3.05, 3.63) is 64.9 Å². The van der Waals surface area contributed by atoms with Crippen LogP contribution in [0.5, 0.6) is 0 Å². The largest absolute Gasteiger partial charge is 0.378 e. The van der Waals surface area contributed by atoms with Gasteiger partial charge in [0.25, 0.3) is 5.91 Å². The summed E-state index contributed by atoms with van der Waals surface area (Å²) in [5, 5.41) is 5.27. The maximum absolute atomic E-state index is 12.7. The van der Waals surface area contributed by atoms with Gasteiger partial charge in [-0.05, 0) is 74.0 Å². The van der Waals surface area contributed by atoms with Crippen LogP contribution in [0.1, 0.15) is 40.6 Å². The number of aromatic nitrogens is 2. The molecule has 5 heterocycles. The molecule has 0 radical (unpaired) electrons. The molecule has 3 aliphatic heterocycles. The Labute approximate surface area is 199 Å². The van der Waals surface area contributed by atoms with Gasteiger partial charge in [0.2, 0.25) is 0 Å². The number of benzene rings is 1. The van der Waals surface area contributed by atoms with Gasteiger partial charge in [-0.1, -0.05) is 6.07 Å². The molecule has 0 spiro atoms. The topological polar surface area (TPSA) is 61.4 Å². The van der Waals surface area contributed by atoms with Crippen LogP contribution in [0.2, 0.25) is 0 Å². The zero-order chi connectivity index (χ0) is 22.9. The van der Waals surface area contributed by atoms with Crippen molar-refractivity contribution < 1.29 is 4.79 Å². The second-order valence-corrected chi connectivity index (χ2v) is 10.3. The summed E-state index contributed by atoms with van der Waals surface area (Å²) in [4.78, 5) is 28.0. The molecule has 1 aromatic carbocycles. The summed E-state index contributed by atoms with van der Waals surface area (Å²) in [7, 11) is 4.00. The fourth-order valence-corrected chi connectivity index (χ4v) is 5.93. The Hall–Kier alpha value is -2.77. The van der Waals surface area contributed by atoms with Gasteiger partial charge in [-0.2, -0.15) is 0 Å². The van der Waals surface area contributed by atoms with E-state index in [2.05, 4.69) is 38.8 Å². The van der Waals surface area contributed by atoms with Crippen LogP contribution in [0.3, 0.4) is 0 Å². The summed E-state index contributed by atoms with van der Waals surface area (Å²) < 4.78 is 0. The average Bonchev–Trinajstić information content (AvgIpc) is 3.38. The van der Waals surface area contributed by atoms with Crippen LogP contribution in [-0.2, 0) is 0 Å². The minimum absolute atomic E-state index is 0.00604. The van der Waals surface area contributed by atoms with Gasteiger partial charge in [0, 0.05) is 56.1 Å². The van der Waals surface area contributed by atoms with Gasteiger partial charge < -0.3 is 10.2 Å². The molecule has 3 fully saturated rings. The monoisotopic (exact) mass is 461 g/mol. The molecule has 7 heteroatoms. The Balaban J connectivity index is 1.23. The van der Waals surface area contributed by atoms with Crippen LogP contribution in [0.4, 0.5) is 5.69 Å². The van der Waals surface area contributed by atoms with Crippen LogP contribution in [0, 0.1) is 12.8 Å². The maximum Gasteiger partial charge on any atom is 0.251 e. The Kier molecular flexibility index (Phi) is 6.17. The van der Waals surface area contributed by atoms with Crippen molar-refractivity contribution in [2.75, 3.05) is 38.6 Å². The van der Waals surface area contributed by atoms with Crippen molar-refractivity contribution in [3.63, 3.8) is 0 Å². The molecule has 2 bridgehead atoms. The van der Waals surface area contributed by atoms with Crippen LogP contribution in [-0.4, -0.2) is 60.5 Å². The fraction of sp³-hybridized carbons (Fsp3) is 0.423. The van der Waals surface area contributed by atoms with E-state index in [0.717, 1.165) is 36.7 Å². The number of piperidine rings is 3. The minimum atomic E-state index is 0.00604. The summed E-state index contributed by atoms with van der Waals surface area (Å²) in [5.74, 6) is 1.88. The lowest BCUT2D eigenvalue weighted by Gasteiger charge is -2.49. The van der Waals surface area contributed by atoms with Crippen molar-refractivity contribution in [3.8, 4) is 10.6 Å². The Bertz CT molecular complexity index is 1110. The molecule has 3 aromatic rings. The number of hydrogen-bond acceptors (Lipinski definition) is 6. The highest BCUT2D eigenvalue weighted by molar-refractivity contribution is 7.13. The molecule has 0 saturated carbocycles. The number of nitrogens with zero attached hydrogens (tertiary/aromatic N) is 4. The highest BCUT2D eigenvalue weighted by atomic mass is 32.1. The molecule has 1 unspecified atom stereocenters. The first-order chi connectivity index (χ1) is 16.0. The number of rotatable bonds is 6. The van der Waals surface area contributed by atoms with Crippen molar-refractivity contribution in [1.82, 2.24) is 20.2 Å². The Morgan fingerprint density at radius 2 is 2.03 bits per heavy atom. The third-order valence-electron chi connectivity index (χ3n) is 7.03. The third kappa shape index (κ3) is 4.66. The van der Waals surface area contributed by atoms with E-state index in [-0.39, 0.29) is 5.91 Å². The van der Waals surface area contributed by atoms with Gasteiger partial charge in [-0.25, -0.2) is 9.97 Å². The molecule has 0 aliphatic carbocycles. The predicted molar refractivity (Wildman–Crippen MR) is 134 cm³/mol. The number of carbonyl (C=O) groups excluding carboxylic acids is 1. The molecule has 3 saturated heterocycles. The summed E-state index contributed by atoms with van der Waals surface area (Å²) in [5.41, 5.74) is 4.01. The van der Waals surface area contributed by atoms with Gasteiger partial charge >= 0.3 is 0 Å². The molecular weight excluding hydrogens is 430 g/mol. The van der Waals surface area contributed by atoms with E-state index < -0.39 is 0 Å². The van der Waals surface area contributed by atoms with Gasteiger partial charge in [-0.3, -0.25) is 9.69 Å². The zero-order valence-electron chi connectivity index (χ0n) is 19.5. The van der Waals surface area contributed by atoms with E-state index in [1.54, 1.807) is 11.3 Å². The molecule has 6 rings (SSSR count). The number of thiophene rings is 1. The quantitative estimate of drug-likeness (QED) is 0.597. The van der Waals surface area contributed by atoms with Crippen molar-refractivity contribution in [1.29, 1.82) is 0 Å². The normalized spacial score (nSPS) is 24.0. The maximum atomic E-state index is 12.7. The second-order valence-electron chi connectivity index (χ2n) is 9.39. The van der Waals surface area contributed by atoms with E-state index in [1.807, 2.05) is 50.2 Å². The first-order valence-corrected chi connectivity index (χ1v) is 12.5. The lowest BCUT2D eigenvalue weighted by atomic mass is 9.74.